The Morgan fingerprint density at radius 3 is 2.25 bits per heavy atom. The third-order valence-corrected chi connectivity index (χ3v) is 9.71. The van der Waals surface area contributed by atoms with Crippen LogP contribution in [-0.2, 0) is 15.7 Å². The molecule has 2 atom stereocenters. The normalized spacial score (nSPS) is 17.6. The number of rotatable bonds is 7. The Balaban J connectivity index is 1.17. The minimum Gasteiger partial charge on any atom is -0.497 e. The van der Waals surface area contributed by atoms with Gasteiger partial charge in [-0.1, -0.05) is 0 Å². The number of carbonyl (C=O) groups excluding carboxylic acids is 3. The number of aliphatic hydroxyl groups excluding tert-OH is 1. The van der Waals surface area contributed by atoms with Crippen LogP contribution in [0.3, 0.4) is 0 Å². The van der Waals surface area contributed by atoms with E-state index in [9.17, 15) is 32.7 Å². The summed E-state index contributed by atoms with van der Waals surface area (Å²) in [4.78, 5) is 50.1. The van der Waals surface area contributed by atoms with Crippen LogP contribution in [0.5, 0.6) is 5.75 Å². The van der Waals surface area contributed by atoms with E-state index in [1.54, 1.807) is 35.2 Å². The molecule has 4 heterocycles. The molecule has 2 aliphatic rings. The zero-order valence-corrected chi connectivity index (χ0v) is 29.1. The van der Waals surface area contributed by atoms with Gasteiger partial charge in [-0.25, -0.2) is 9.97 Å². The highest BCUT2D eigenvalue weighted by Crippen LogP contribution is 2.44. The Morgan fingerprint density at radius 1 is 0.800 bits per heavy atom. The summed E-state index contributed by atoms with van der Waals surface area (Å²) in [5, 5.41) is 9.87. The molecule has 2 fully saturated rings. The van der Waals surface area contributed by atoms with Crippen molar-refractivity contribution in [3.05, 3.63) is 89.5 Å². The number of benzene rings is 4. The van der Waals surface area contributed by atoms with Crippen LogP contribution in [0.4, 0.5) is 13.2 Å². The maximum absolute atomic E-state index is 14.7. The van der Waals surface area contributed by atoms with Crippen molar-refractivity contribution in [1.82, 2.24) is 19.8 Å². The SMILES string of the molecule is COc1ccc(-c2cc(-c3nc4cc(C(=O)N5CC[C@H](O)C5)ccc4o3)ccc2C(F)(F)F)c(-c2nc3ccc(C(=O)N4CCOC(C(N)=O)C4)cc3o2)c1. The number of β-amino-alcohol motifs (C(OH)–C–C–N with tert-alkyl or cyclic N) is 1. The number of alkyl halides is 3. The van der Waals surface area contributed by atoms with Gasteiger partial charge in [-0.2, -0.15) is 13.2 Å². The Hall–Kier alpha value is -6.26. The number of nitrogens with two attached hydrogens (primary N) is 1. The highest BCUT2D eigenvalue weighted by molar-refractivity contribution is 5.99. The van der Waals surface area contributed by atoms with Gasteiger partial charge in [-0.15, -0.1) is 0 Å². The second-order valence-electron chi connectivity index (χ2n) is 13.3. The van der Waals surface area contributed by atoms with Gasteiger partial charge in [0, 0.05) is 41.9 Å². The van der Waals surface area contributed by atoms with Crippen molar-refractivity contribution in [1.29, 1.82) is 0 Å². The molecule has 55 heavy (non-hydrogen) atoms. The number of aromatic nitrogens is 2. The van der Waals surface area contributed by atoms with Crippen LogP contribution >= 0.6 is 0 Å². The first kappa shape index (κ1) is 35.8. The summed E-state index contributed by atoms with van der Waals surface area (Å²) < 4.78 is 66.9. The predicted molar refractivity (Wildman–Crippen MR) is 191 cm³/mol. The summed E-state index contributed by atoms with van der Waals surface area (Å²) in [7, 11) is 1.42. The van der Waals surface area contributed by atoms with Gasteiger partial charge in [0.2, 0.25) is 17.7 Å². The second kappa shape index (κ2) is 13.9. The van der Waals surface area contributed by atoms with Gasteiger partial charge in [0.05, 0.1) is 31.9 Å². The quantitative estimate of drug-likeness (QED) is 0.211. The maximum Gasteiger partial charge on any atom is 0.417 e. The lowest BCUT2D eigenvalue weighted by Gasteiger charge is -2.31. The average Bonchev–Trinajstić information content (AvgIpc) is 3.94. The third-order valence-electron chi connectivity index (χ3n) is 9.71. The number of aliphatic hydroxyl groups is 1. The number of halogens is 3. The number of amides is 3. The molecule has 0 bridgehead atoms. The van der Waals surface area contributed by atoms with E-state index in [4.69, 9.17) is 24.0 Å². The molecular weight excluding hydrogens is 723 g/mol. The molecule has 4 aromatic carbocycles. The van der Waals surface area contributed by atoms with Gasteiger partial charge >= 0.3 is 6.18 Å². The maximum atomic E-state index is 14.7. The fourth-order valence-electron chi connectivity index (χ4n) is 6.86. The highest BCUT2D eigenvalue weighted by Gasteiger charge is 2.35. The van der Waals surface area contributed by atoms with E-state index in [0.717, 1.165) is 6.07 Å². The summed E-state index contributed by atoms with van der Waals surface area (Å²) in [5.74, 6) is -1.02. The average molecular weight is 756 g/mol. The summed E-state index contributed by atoms with van der Waals surface area (Å²) in [6, 6.07) is 17.3. The molecule has 2 aromatic heterocycles. The van der Waals surface area contributed by atoms with Crippen LogP contribution in [-0.4, -0.2) is 94.7 Å². The van der Waals surface area contributed by atoms with Crippen molar-refractivity contribution in [2.45, 2.75) is 24.8 Å². The summed E-state index contributed by atoms with van der Waals surface area (Å²) in [6.07, 6.45) is -5.81. The van der Waals surface area contributed by atoms with Gasteiger partial charge in [-0.3, -0.25) is 14.4 Å². The fourth-order valence-corrected chi connectivity index (χ4v) is 6.86. The molecule has 16 heteroatoms. The van der Waals surface area contributed by atoms with Crippen molar-refractivity contribution in [2.75, 3.05) is 39.9 Å². The molecule has 6 aromatic rings. The minimum absolute atomic E-state index is 0.0175. The van der Waals surface area contributed by atoms with E-state index in [1.807, 2.05) is 0 Å². The lowest BCUT2D eigenvalue weighted by atomic mass is 9.93. The number of primary amides is 1. The molecule has 13 nitrogen and oxygen atoms in total. The first-order valence-electron chi connectivity index (χ1n) is 17.3. The lowest BCUT2D eigenvalue weighted by Crippen LogP contribution is -2.50. The monoisotopic (exact) mass is 755 g/mol. The number of ether oxygens (including phenoxy) is 2. The van der Waals surface area contributed by atoms with Crippen molar-refractivity contribution >= 4 is 39.9 Å². The smallest absolute Gasteiger partial charge is 0.417 e. The van der Waals surface area contributed by atoms with E-state index in [1.165, 1.54) is 48.4 Å². The van der Waals surface area contributed by atoms with Crippen LogP contribution in [0.25, 0.3) is 56.2 Å². The molecular formula is C39H32F3N5O8. The molecule has 1 unspecified atom stereocenters. The number of methoxy groups -OCH3 is 1. The number of hydrogen-bond donors (Lipinski definition) is 2. The van der Waals surface area contributed by atoms with Crippen LogP contribution in [0.2, 0.25) is 0 Å². The van der Waals surface area contributed by atoms with Gasteiger partial charge in [0.15, 0.2) is 17.3 Å². The third kappa shape index (κ3) is 6.85. The summed E-state index contributed by atoms with van der Waals surface area (Å²) >= 11 is 0. The molecule has 0 radical (unpaired) electrons. The van der Waals surface area contributed by atoms with Crippen LogP contribution in [0, 0.1) is 0 Å². The number of carbonyl (C=O) groups is 3. The number of oxazole rings is 2. The molecule has 0 saturated carbocycles. The molecule has 0 aliphatic carbocycles. The number of likely N-dealkylation sites (tertiary alicyclic amines) is 1. The molecule has 0 spiro atoms. The first-order chi connectivity index (χ1) is 26.4. The largest absolute Gasteiger partial charge is 0.497 e. The van der Waals surface area contributed by atoms with E-state index >= 15 is 0 Å². The fraction of sp³-hybridized carbons (Fsp3) is 0.256. The highest BCUT2D eigenvalue weighted by atomic mass is 19.4. The van der Waals surface area contributed by atoms with E-state index in [0.29, 0.717) is 40.9 Å². The van der Waals surface area contributed by atoms with Gasteiger partial charge < -0.3 is 38.9 Å². The van der Waals surface area contributed by atoms with E-state index < -0.39 is 35.8 Å². The Morgan fingerprint density at radius 2 is 1.53 bits per heavy atom. The van der Waals surface area contributed by atoms with E-state index in [-0.39, 0.29) is 77.3 Å². The molecule has 3 N–H and O–H groups in total. The lowest BCUT2D eigenvalue weighted by molar-refractivity contribution is -0.137. The first-order valence-corrected chi connectivity index (χ1v) is 17.3. The topological polar surface area (TPSA) is 174 Å². The number of nitrogens with zero attached hydrogens (tertiary/aromatic N) is 4. The Kier molecular flexibility index (Phi) is 9.01. The summed E-state index contributed by atoms with van der Waals surface area (Å²) in [6.45, 7) is 1.000. The van der Waals surface area contributed by atoms with Crippen LogP contribution < -0.4 is 10.5 Å². The van der Waals surface area contributed by atoms with Gasteiger partial charge in [0.1, 0.15) is 16.8 Å². The second-order valence-corrected chi connectivity index (χ2v) is 13.3. The van der Waals surface area contributed by atoms with E-state index in [2.05, 4.69) is 9.97 Å². The van der Waals surface area contributed by atoms with Crippen LogP contribution in [0.1, 0.15) is 32.7 Å². The zero-order valence-electron chi connectivity index (χ0n) is 29.1. The molecule has 3 amide bonds. The molecule has 282 valence electrons. The Labute approximate surface area is 310 Å². The molecule has 2 aliphatic heterocycles. The molecule has 8 rings (SSSR count). The van der Waals surface area contributed by atoms with Crippen molar-refractivity contribution in [2.24, 2.45) is 5.73 Å². The summed E-state index contributed by atoms with van der Waals surface area (Å²) in [5.41, 5.74) is 6.51. The van der Waals surface area contributed by atoms with Crippen LogP contribution in [0.15, 0.2) is 81.6 Å². The zero-order chi connectivity index (χ0) is 38.6. The minimum atomic E-state index is -4.77. The van der Waals surface area contributed by atoms with Crippen molar-refractivity contribution < 1.29 is 51.0 Å². The van der Waals surface area contributed by atoms with Gasteiger partial charge in [0.25, 0.3) is 11.8 Å². The number of hydrogen-bond acceptors (Lipinski definition) is 10. The number of fused-ring (bicyclic) bond motifs is 2. The Bertz CT molecular complexity index is 2500. The van der Waals surface area contributed by atoms with Crippen molar-refractivity contribution in [3.63, 3.8) is 0 Å². The van der Waals surface area contributed by atoms with Gasteiger partial charge in [-0.05, 0) is 90.3 Å². The standard InChI is InChI=1S/C39H32F3N5O8/c1-52-24-5-6-25(27(17-24)36-44-29-8-3-22(16-32(29)55-36)38(51)47-12-13-53-33(19-47)34(43)49)26-14-20(2-7-28(26)39(40,41)42)35-45-30-15-21(4-9-31(30)54-35)37(50)46-11-10-23(48)18-46/h2-9,14-17,23,33,48H,10-13,18-19H2,1H3,(H2,43,49)/t23-,33?/m0/s1. The number of morpholine rings is 1. The predicted octanol–water partition coefficient (Wildman–Crippen LogP) is 5.53. The molecule has 2 saturated heterocycles. The van der Waals surface area contributed by atoms with Crippen molar-refractivity contribution in [3.8, 4) is 39.8 Å².